The Morgan fingerprint density at radius 1 is 1.38 bits per heavy atom. The molecule has 2 atom stereocenters. The minimum Gasteiger partial charge on any atom is -0.508 e. The molecule has 1 saturated heterocycles. The van der Waals surface area contributed by atoms with Gasteiger partial charge in [0.05, 0.1) is 0 Å². The van der Waals surface area contributed by atoms with Crippen LogP contribution < -0.4 is 4.90 Å². The van der Waals surface area contributed by atoms with E-state index in [0.29, 0.717) is 6.04 Å². The maximum atomic E-state index is 11.1. The Bertz CT molecular complexity index is 458. The molecule has 0 aliphatic carbocycles. The average Bonchev–Trinajstić information content (AvgIpc) is 2.74. The first-order valence-electron chi connectivity index (χ1n) is 5.50. The Morgan fingerprint density at radius 2 is 2.19 bits per heavy atom. The smallest absolute Gasteiger partial charge is 0.326 e. The predicted octanol–water partition coefficient (Wildman–Crippen LogP) is 1.37. The first-order chi connectivity index (χ1) is 7.66. The molecule has 0 spiro atoms. The summed E-state index contributed by atoms with van der Waals surface area (Å²) in [5.41, 5.74) is 2.05. The lowest BCUT2D eigenvalue weighted by Crippen LogP contribution is -2.38. The Morgan fingerprint density at radius 3 is 2.94 bits per heavy atom. The van der Waals surface area contributed by atoms with Crippen molar-refractivity contribution in [1.29, 1.82) is 0 Å². The molecule has 2 N–H and O–H groups in total. The normalized spacial score (nSPS) is 26.6. The van der Waals surface area contributed by atoms with Gasteiger partial charge in [0.1, 0.15) is 11.8 Å². The molecule has 4 heteroatoms. The third kappa shape index (κ3) is 1.19. The van der Waals surface area contributed by atoms with Crippen molar-refractivity contribution in [1.82, 2.24) is 0 Å². The molecular formula is C12H13NO3. The number of aliphatic carboxylic acids is 1. The highest BCUT2D eigenvalue weighted by Crippen LogP contribution is 2.42. The number of nitrogens with zero attached hydrogens (tertiary/aromatic N) is 1. The number of fused-ring (bicyclic) bond motifs is 3. The molecule has 1 fully saturated rings. The zero-order valence-electron chi connectivity index (χ0n) is 8.76. The Labute approximate surface area is 93.1 Å². The van der Waals surface area contributed by atoms with Crippen LogP contribution in [-0.4, -0.2) is 28.3 Å². The minimum atomic E-state index is -0.747. The zero-order chi connectivity index (χ0) is 11.3. The van der Waals surface area contributed by atoms with Crippen LogP contribution in [-0.2, 0) is 11.2 Å². The van der Waals surface area contributed by atoms with E-state index in [0.717, 1.165) is 30.5 Å². The lowest BCUT2D eigenvalue weighted by atomic mass is 10.1. The summed E-state index contributed by atoms with van der Waals surface area (Å²) < 4.78 is 0. The van der Waals surface area contributed by atoms with Crippen LogP contribution in [0.5, 0.6) is 5.75 Å². The van der Waals surface area contributed by atoms with Gasteiger partial charge in [-0.3, -0.25) is 0 Å². The molecule has 4 nitrogen and oxygen atoms in total. The van der Waals surface area contributed by atoms with Gasteiger partial charge in [-0.2, -0.15) is 0 Å². The zero-order valence-corrected chi connectivity index (χ0v) is 8.76. The molecule has 84 valence electrons. The molecule has 0 amide bonds. The van der Waals surface area contributed by atoms with Gasteiger partial charge in [0, 0.05) is 11.7 Å². The number of hydrogen-bond donors (Lipinski definition) is 2. The van der Waals surface area contributed by atoms with Gasteiger partial charge in [0.2, 0.25) is 0 Å². The van der Waals surface area contributed by atoms with E-state index < -0.39 is 12.0 Å². The quantitative estimate of drug-likeness (QED) is 0.749. The molecule has 2 heterocycles. The summed E-state index contributed by atoms with van der Waals surface area (Å²) in [5.74, 6) is -0.491. The summed E-state index contributed by atoms with van der Waals surface area (Å²) in [6, 6.07) is 5.10. The molecule has 2 unspecified atom stereocenters. The molecule has 0 radical (unpaired) electrons. The molecule has 0 bridgehead atoms. The summed E-state index contributed by atoms with van der Waals surface area (Å²) in [7, 11) is 0. The Kier molecular flexibility index (Phi) is 1.87. The van der Waals surface area contributed by atoms with Gasteiger partial charge in [-0.15, -0.1) is 0 Å². The molecule has 1 aromatic carbocycles. The highest BCUT2D eigenvalue weighted by molar-refractivity contribution is 5.81. The second kappa shape index (κ2) is 3.14. The highest BCUT2D eigenvalue weighted by Gasteiger charge is 2.42. The van der Waals surface area contributed by atoms with Crippen LogP contribution in [0.25, 0.3) is 0 Å². The van der Waals surface area contributed by atoms with Crippen LogP contribution in [0, 0.1) is 0 Å². The molecule has 0 saturated carbocycles. The van der Waals surface area contributed by atoms with Crippen LogP contribution >= 0.6 is 0 Å². The summed E-state index contributed by atoms with van der Waals surface area (Å²) in [6.07, 6.45) is 2.50. The fraction of sp³-hybridized carbons (Fsp3) is 0.417. The van der Waals surface area contributed by atoms with Crippen molar-refractivity contribution in [2.24, 2.45) is 0 Å². The van der Waals surface area contributed by atoms with E-state index in [1.807, 2.05) is 11.0 Å². The van der Waals surface area contributed by atoms with Crippen molar-refractivity contribution < 1.29 is 15.0 Å². The highest BCUT2D eigenvalue weighted by atomic mass is 16.4. The van der Waals surface area contributed by atoms with Crippen molar-refractivity contribution in [2.45, 2.75) is 31.3 Å². The maximum absolute atomic E-state index is 11.1. The van der Waals surface area contributed by atoms with Gasteiger partial charge in [-0.05, 0) is 43.0 Å². The monoisotopic (exact) mass is 219 g/mol. The molecule has 0 aromatic heterocycles. The molecule has 16 heavy (non-hydrogen) atoms. The number of phenolic OH excluding ortho intramolecular Hbond substituents is 1. The van der Waals surface area contributed by atoms with Crippen molar-refractivity contribution in [3.05, 3.63) is 23.8 Å². The first-order valence-corrected chi connectivity index (χ1v) is 5.50. The van der Waals surface area contributed by atoms with Crippen molar-refractivity contribution >= 4 is 11.7 Å². The predicted molar refractivity (Wildman–Crippen MR) is 58.7 cm³/mol. The van der Waals surface area contributed by atoms with Crippen LogP contribution in [0.4, 0.5) is 5.69 Å². The minimum absolute atomic E-state index is 0.256. The summed E-state index contributed by atoms with van der Waals surface area (Å²) >= 11 is 0. The Hall–Kier alpha value is -1.71. The lowest BCUT2D eigenvalue weighted by molar-refractivity contribution is -0.138. The summed E-state index contributed by atoms with van der Waals surface area (Å²) in [5, 5.41) is 18.5. The van der Waals surface area contributed by atoms with E-state index in [2.05, 4.69) is 0 Å². The van der Waals surface area contributed by atoms with Gasteiger partial charge in [-0.1, -0.05) is 0 Å². The number of aromatic hydroxyl groups is 1. The van der Waals surface area contributed by atoms with Gasteiger partial charge >= 0.3 is 5.97 Å². The largest absolute Gasteiger partial charge is 0.508 e. The van der Waals surface area contributed by atoms with Crippen LogP contribution in [0.15, 0.2) is 18.2 Å². The van der Waals surface area contributed by atoms with Gasteiger partial charge in [0.15, 0.2) is 0 Å². The summed E-state index contributed by atoms with van der Waals surface area (Å²) in [4.78, 5) is 13.1. The van der Waals surface area contributed by atoms with Crippen molar-refractivity contribution in [3.63, 3.8) is 0 Å². The molecule has 2 aliphatic rings. The summed E-state index contributed by atoms with van der Waals surface area (Å²) in [6.45, 7) is 0. The van der Waals surface area contributed by atoms with E-state index >= 15 is 0 Å². The number of rotatable bonds is 1. The lowest BCUT2D eigenvalue weighted by Gasteiger charge is -2.24. The number of carboxylic acid groups (broad SMARTS) is 1. The van der Waals surface area contributed by atoms with Crippen molar-refractivity contribution in [3.8, 4) is 5.75 Å². The van der Waals surface area contributed by atoms with Gasteiger partial charge in [0.25, 0.3) is 0 Å². The number of hydrogen-bond acceptors (Lipinski definition) is 3. The van der Waals surface area contributed by atoms with E-state index in [1.54, 1.807) is 12.1 Å². The second-order valence-electron chi connectivity index (χ2n) is 4.51. The topological polar surface area (TPSA) is 60.8 Å². The van der Waals surface area contributed by atoms with Gasteiger partial charge < -0.3 is 15.1 Å². The number of carbonyl (C=O) groups is 1. The molecule has 3 rings (SSSR count). The SMILES string of the molecule is O=C(O)C1CCC2Cc3cc(O)ccc3N21. The average molecular weight is 219 g/mol. The number of phenols is 1. The molecule has 2 aliphatic heterocycles. The second-order valence-corrected chi connectivity index (χ2v) is 4.51. The Balaban J connectivity index is 2.03. The van der Waals surface area contributed by atoms with Gasteiger partial charge in [-0.25, -0.2) is 4.79 Å². The van der Waals surface area contributed by atoms with Crippen LogP contribution in [0.1, 0.15) is 18.4 Å². The van der Waals surface area contributed by atoms with E-state index in [1.165, 1.54) is 0 Å². The number of carboxylic acids is 1. The third-order valence-electron chi connectivity index (χ3n) is 3.58. The molecular weight excluding hydrogens is 206 g/mol. The van der Waals surface area contributed by atoms with E-state index in [4.69, 9.17) is 5.11 Å². The number of benzene rings is 1. The fourth-order valence-corrected chi connectivity index (χ4v) is 2.93. The van der Waals surface area contributed by atoms with Crippen molar-refractivity contribution in [2.75, 3.05) is 4.90 Å². The third-order valence-corrected chi connectivity index (χ3v) is 3.58. The fourth-order valence-electron chi connectivity index (χ4n) is 2.93. The standard InChI is InChI=1S/C12H13NO3/c14-9-2-4-10-7(6-9)5-8-1-3-11(12(15)16)13(8)10/h2,4,6,8,11,14H,1,3,5H2,(H,15,16). The van der Waals surface area contributed by atoms with Crippen LogP contribution in [0.2, 0.25) is 0 Å². The number of anilines is 1. The van der Waals surface area contributed by atoms with Crippen LogP contribution in [0.3, 0.4) is 0 Å². The first kappa shape index (κ1) is 9.51. The maximum Gasteiger partial charge on any atom is 0.326 e. The molecule has 1 aromatic rings. The van der Waals surface area contributed by atoms with E-state index in [9.17, 15) is 9.90 Å². The van der Waals surface area contributed by atoms with E-state index in [-0.39, 0.29) is 5.75 Å².